The zero-order chi connectivity index (χ0) is 16.2. The van der Waals surface area contributed by atoms with E-state index in [1.807, 2.05) is 24.9 Å². The third-order valence-corrected chi connectivity index (χ3v) is 5.08. The van der Waals surface area contributed by atoms with Crippen molar-refractivity contribution < 1.29 is 4.79 Å². The molecule has 3 heterocycles. The van der Waals surface area contributed by atoms with Crippen LogP contribution in [0.25, 0.3) is 0 Å². The lowest BCUT2D eigenvalue weighted by atomic mass is 9.99. The van der Waals surface area contributed by atoms with Crippen molar-refractivity contribution in [1.82, 2.24) is 19.8 Å². The van der Waals surface area contributed by atoms with Gasteiger partial charge >= 0.3 is 0 Å². The summed E-state index contributed by atoms with van der Waals surface area (Å²) < 4.78 is 0. The van der Waals surface area contributed by atoms with Gasteiger partial charge in [0, 0.05) is 56.9 Å². The second kappa shape index (κ2) is 7.25. The maximum absolute atomic E-state index is 11.8. The van der Waals surface area contributed by atoms with Crippen LogP contribution in [0.15, 0.2) is 12.4 Å². The third kappa shape index (κ3) is 4.19. The van der Waals surface area contributed by atoms with Crippen molar-refractivity contribution in [2.45, 2.75) is 51.1 Å². The van der Waals surface area contributed by atoms with Crippen LogP contribution in [-0.2, 0) is 4.79 Å². The highest BCUT2D eigenvalue weighted by Crippen LogP contribution is 2.20. The molecular formula is C17H27N5O. The van der Waals surface area contributed by atoms with E-state index in [0.29, 0.717) is 18.0 Å². The summed E-state index contributed by atoms with van der Waals surface area (Å²) in [6, 6.07) is 2.87. The number of aromatic nitrogens is 2. The van der Waals surface area contributed by atoms with Gasteiger partial charge in [0.25, 0.3) is 0 Å². The van der Waals surface area contributed by atoms with Crippen LogP contribution >= 0.6 is 0 Å². The number of anilines is 1. The topological polar surface area (TPSA) is 61.4 Å². The quantitative estimate of drug-likeness (QED) is 0.915. The molecule has 23 heavy (non-hydrogen) atoms. The minimum atomic E-state index is 0.303. The summed E-state index contributed by atoms with van der Waals surface area (Å²) in [7, 11) is 1.96. The first-order valence-electron chi connectivity index (χ1n) is 8.65. The summed E-state index contributed by atoms with van der Waals surface area (Å²) in [5.74, 6) is 1.23. The Hall–Kier alpha value is -1.69. The Kier molecular flexibility index (Phi) is 5.10. The fourth-order valence-electron chi connectivity index (χ4n) is 3.58. The van der Waals surface area contributed by atoms with Crippen LogP contribution < -0.4 is 5.32 Å². The SMILES string of the molecule is Cc1cc(NC2CCN(CC3CCCC(=O)N3C)CC2)ncn1. The summed E-state index contributed by atoms with van der Waals surface area (Å²) >= 11 is 0. The van der Waals surface area contributed by atoms with Gasteiger partial charge in [0.15, 0.2) is 0 Å². The number of nitrogens with zero attached hydrogens (tertiary/aromatic N) is 4. The largest absolute Gasteiger partial charge is 0.367 e. The predicted molar refractivity (Wildman–Crippen MR) is 90.3 cm³/mol. The average Bonchev–Trinajstić information content (AvgIpc) is 2.54. The maximum atomic E-state index is 11.8. The summed E-state index contributed by atoms with van der Waals surface area (Å²) in [4.78, 5) is 24.7. The molecule has 0 saturated carbocycles. The Balaban J connectivity index is 1.46. The second-order valence-electron chi connectivity index (χ2n) is 6.81. The Morgan fingerprint density at radius 2 is 2.04 bits per heavy atom. The molecule has 0 bridgehead atoms. The van der Waals surface area contributed by atoms with Gasteiger partial charge in [0.05, 0.1) is 0 Å². The van der Waals surface area contributed by atoms with E-state index in [1.165, 1.54) is 0 Å². The first kappa shape index (κ1) is 16.2. The van der Waals surface area contributed by atoms with Crippen LogP contribution in [0, 0.1) is 6.92 Å². The number of carbonyl (C=O) groups is 1. The first-order chi connectivity index (χ1) is 11.1. The Labute approximate surface area is 138 Å². The maximum Gasteiger partial charge on any atom is 0.222 e. The minimum Gasteiger partial charge on any atom is -0.367 e. The van der Waals surface area contributed by atoms with Crippen LogP contribution in [-0.4, -0.2) is 64.4 Å². The fourth-order valence-corrected chi connectivity index (χ4v) is 3.58. The van der Waals surface area contributed by atoms with Crippen molar-refractivity contribution in [2.24, 2.45) is 0 Å². The molecule has 2 aliphatic heterocycles. The van der Waals surface area contributed by atoms with Crippen LogP contribution in [0.4, 0.5) is 5.82 Å². The highest BCUT2D eigenvalue weighted by molar-refractivity contribution is 5.76. The molecule has 1 atom stereocenters. The predicted octanol–water partition coefficient (Wildman–Crippen LogP) is 1.67. The van der Waals surface area contributed by atoms with Crippen molar-refractivity contribution >= 4 is 11.7 Å². The fraction of sp³-hybridized carbons (Fsp3) is 0.706. The first-order valence-corrected chi connectivity index (χ1v) is 8.65. The van der Waals surface area contributed by atoms with Gasteiger partial charge in [0.2, 0.25) is 5.91 Å². The van der Waals surface area contributed by atoms with Gasteiger partial charge in [-0.1, -0.05) is 0 Å². The van der Waals surface area contributed by atoms with Crippen LogP contribution in [0.1, 0.15) is 37.8 Å². The van der Waals surface area contributed by atoms with Crippen LogP contribution in [0.3, 0.4) is 0 Å². The second-order valence-corrected chi connectivity index (χ2v) is 6.81. The molecule has 1 N–H and O–H groups in total. The number of likely N-dealkylation sites (tertiary alicyclic amines) is 2. The molecule has 6 nitrogen and oxygen atoms in total. The summed E-state index contributed by atoms with van der Waals surface area (Å²) in [6.07, 6.45) is 6.75. The lowest BCUT2D eigenvalue weighted by Crippen LogP contribution is -2.50. The van der Waals surface area contributed by atoms with Gasteiger partial charge in [-0.25, -0.2) is 9.97 Å². The highest BCUT2D eigenvalue weighted by atomic mass is 16.2. The van der Waals surface area contributed by atoms with Crippen molar-refractivity contribution in [3.8, 4) is 0 Å². The van der Waals surface area contributed by atoms with Crippen molar-refractivity contribution in [1.29, 1.82) is 0 Å². The van der Waals surface area contributed by atoms with Gasteiger partial charge in [-0.3, -0.25) is 4.79 Å². The van der Waals surface area contributed by atoms with E-state index in [2.05, 4.69) is 20.2 Å². The monoisotopic (exact) mass is 317 g/mol. The van der Waals surface area contributed by atoms with E-state index in [-0.39, 0.29) is 0 Å². The third-order valence-electron chi connectivity index (χ3n) is 5.08. The lowest BCUT2D eigenvalue weighted by molar-refractivity contribution is -0.135. The summed E-state index contributed by atoms with van der Waals surface area (Å²) in [5.41, 5.74) is 0.991. The summed E-state index contributed by atoms with van der Waals surface area (Å²) in [6.45, 7) is 5.17. The standard InChI is InChI=1S/C17H27N5O/c1-13-10-16(19-12-18-13)20-14-6-8-22(9-7-14)11-15-4-3-5-17(23)21(15)2/h10,12,14-15H,3-9,11H2,1-2H3,(H,18,19,20). The van der Waals surface area contributed by atoms with Gasteiger partial charge < -0.3 is 15.1 Å². The van der Waals surface area contributed by atoms with E-state index in [1.54, 1.807) is 6.33 Å². The Bertz CT molecular complexity index is 542. The molecule has 0 spiro atoms. The Morgan fingerprint density at radius 3 is 2.78 bits per heavy atom. The van der Waals surface area contributed by atoms with Crippen molar-refractivity contribution in [3.63, 3.8) is 0 Å². The van der Waals surface area contributed by atoms with Crippen LogP contribution in [0.5, 0.6) is 0 Å². The van der Waals surface area contributed by atoms with Gasteiger partial charge in [-0.15, -0.1) is 0 Å². The zero-order valence-electron chi connectivity index (χ0n) is 14.2. The molecule has 0 aromatic carbocycles. The van der Waals surface area contributed by atoms with E-state index < -0.39 is 0 Å². The normalized spacial score (nSPS) is 24.0. The smallest absolute Gasteiger partial charge is 0.222 e. The van der Waals surface area contributed by atoms with Crippen molar-refractivity contribution in [2.75, 3.05) is 32.0 Å². The Morgan fingerprint density at radius 1 is 1.26 bits per heavy atom. The molecule has 2 fully saturated rings. The van der Waals surface area contributed by atoms with E-state index >= 15 is 0 Å². The molecule has 0 aliphatic carbocycles. The van der Waals surface area contributed by atoms with Gasteiger partial charge in [-0.2, -0.15) is 0 Å². The molecule has 126 valence electrons. The zero-order valence-corrected chi connectivity index (χ0v) is 14.2. The van der Waals surface area contributed by atoms with E-state index in [4.69, 9.17) is 0 Å². The number of amides is 1. The molecule has 1 amide bonds. The molecular weight excluding hydrogens is 290 g/mol. The number of carbonyl (C=O) groups excluding carboxylic acids is 1. The molecule has 1 aromatic heterocycles. The molecule has 3 rings (SSSR count). The molecule has 1 aromatic rings. The summed E-state index contributed by atoms with van der Waals surface area (Å²) in [5, 5.41) is 3.52. The lowest BCUT2D eigenvalue weighted by Gasteiger charge is -2.39. The number of rotatable bonds is 4. The number of aryl methyl sites for hydroxylation is 1. The highest BCUT2D eigenvalue weighted by Gasteiger charge is 2.28. The molecule has 0 radical (unpaired) electrons. The van der Waals surface area contributed by atoms with E-state index in [9.17, 15) is 4.79 Å². The minimum absolute atomic E-state index is 0.303. The molecule has 2 saturated heterocycles. The number of likely N-dealkylation sites (N-methyl/N-ethyl adjacent to an activating group) is 1. The van der Waals surface area contributed by atoms with Gasteiger partial charge in [0.1, 0.15) is 12.1 Å². The molecule has 6 heteroatoms. The molecule has 1 unspecified atom stereocenters. The number of piperidine rings is 2. The number of nitrogens with one attached hydrogen (secondary N) is 1. The molecule has 2 aliphatic rings. The number of hydrogen-bond donors (Lipinski definition) is 1. The van der Waals surface area contributed by atoms with Crippen LogP contribution in [0.2, 0.25) is 0 Å². The van der Waals surface area contributed by atoms with Crippen molar-refractivity contribution in [3.05, 3.63) is 18.1 Å². The van der Waals surface area contributed by atoms with E-state index in [0.717, 1.165) is 63.3 Å². The van der Waals surface area contributed by atoms with Gasteiger partial charge in [-0.05, 0) is 32.6 Å². The average molecular weight is 317 g/mol. The number of hydrogen-bond acceptors (Lipinski definition) is 5.